The molecule has 0 amide bonds. The number of ether oxygens (including phenoxy) is 1. The van der Waals surface area contributed by atoms with Gasteiger partial charge < -0.3 is 9.26 Å². The van der Waals surface area contributed by atoms with Crippen LogP contribution in [0.25, 0.3) is 0 Å². The normalized spacial score (nSPS) is 14.4. The molecule has 2 aromatic rings. The molecule has 1 aliphatic rings. The van der Waals surface area contributed by atoms with Crippen LogP contribution in [-0.2, 0) is 14.6 Å². The Balaban J connectivity index is 2.13. The molecule has 7 nitrogen and oxygen atoms in total. The van der Waals surface area contributed by atoms with Gasteiger partial charge in [-0.15, -0.1) is 0 Å². The third-order valence-corrected chi connectivity index (χ3v) is 5.55. The number of rotatable bonds is 6. The number of esters is 1. The van der Waals surface area contributed by atoms with Crippen LogP contribution < -0.4 is 0 Å². The van der Waals surface area contributed by atoms with Crippen molar-refractivity contribution in [1.29, 1.82) is 0 Å². The van der Waals surface area contributed by atoms with E-state index in [4.69, 9.17) is 9.26 Å². The van der Waals surface area contributed by atoms with Crippen molar-refractivity contribution in [2.45, 2.75) is 50.5 Å². The summed E-state index contributed by atoms with van der Waals surface area (Å²) >= 11 is 0. The van der Waals surface area contributed by atoms with E-state index in [0.29, 0.717) is 11.3 Å². The summed E-state index contributed by atoms with van der Waals surface area (Å²) in [7, 11) is -3.69. The van der Waals surface area contributed by atoms with Gasteiger partial charge in [0.15, 0.2) is 21.4 Å². The lowest BCUT2D eigenvalue weighted by atomic mass is 9.95. The zero-order valence-electron chi connectivity index (χ0n) is 15.6. The largest absolute Gasteiger partial charge is 0.459 e. The van der Waals surface area contributed by atoms with Gasteiger partial charge in [0.25, 0.3) is 0 Å². The standard InChI is InChI=1S/C19H21NO6S/c1-10(2)25-19(22)16-11(3)13(7-8-15(16)27(4,23)24)17(21)14-9-20-26-18(14)12-5-6-12/h7-10,12H,5-6H2,1-4H3. The van der Waals surface area contributed by atoms with Gasteiger partial charge >= 0.3 is 5.97 Å². The third-order valence-electron chi connectivity index (χ3n) is 4.41. The van der Waals surface area contributed by atoms with Crippen molar-refractivity contribution in [3.05, 3.63) is 46.3 Å². The highest BCUT2D eigenvalue weighted by molar-refractivity contribution is 7.90. The average Bonchev–Trinajstić information content (AvgIpc) is 3.29. The predicted octanol–water partition coefficient (Wildman–Crippen LogP) is 3.06. The number of hydrogen-bond donors (Lipinski definition) is 0. The van der Waals surface area contributed by atoms with Gasteiger partial charge in [0.2, 0.25) is 0 Å². The Morgan fingerprint density at radius 2 is 1.89 bits per heavy atom. The van der Waals surface area contributed by atoms with Crippen LogP contribution in [0.3, 0.4) is 0 Å². The molecule has 3 rings (SSSR count). The monoisotopic (exact) mass is 391 g/mol. The Labute approximate surface area is 157 Å². The van der Waals surface area contributed by atoms with E-state index < -0.39 is 21.9 Å². The van der Waals surface area contributed by atoms with Gasteiger partial charge in [-0.2, -0.15) is 0 Å². The maximum atomic E-state index is 13.0. The number of hydrogen-bond acceptors (Lipinski definition) is 7. The molecular weight excluding hydrogens is 370 g/mol. The van der Waals surface area contributed by atoms with Crippen LogP contribution in [-0.4, -0.2) is 37.7 Å². The van der Waals surface area contributed by atoms with Crippen LogP contribution in [0, 0.1) is 6.92 Å². The van der Waals surface area contributed by atoms with Crippen molar-refractivity contribution < 1.29 is 27.3 Å². The second-order valence-electron chi connectivity index (χ2n) is 7.04. The molecule has 1 aromatic heterocycles. The molecule has 1 saturated carbocycles. The van der Waals surface area contributed by atoms with E-state index in [1.54, 1.807) is 20.8 Å². The van der Waals surface area contributed by atoms with Gasteiger partial charge in [-0.1, -0.05) is 5.16 Å². The Morgan fingerprint density at radius 3 is 2.44 bits per heavy atom. The summed E-state index contributed by atoms with van der Waals surface area (Å²) in [5.74, 6) is -0.398. The minimum Gasteiger partial charge on any atom is -0.459 e. The molecule has 0 atom stereocenters. The smallest absolute Gasteiger partial charge is 0.340 e. The van der Waals surface area contributed by atoms with Crippen LogP contribution in [0.2, 0.25) is 0 Å². The van der Waals surface area contributed by atoms with E-state index in [1.807, 2.05) is 0 Å². The van der Waals surface area contributed by atoms with Crippen molar-refractivity contribution in [3.63, 3.8) is 0 Å². The topological polar surface area (TPSA) is 104 Å². The summed E-state index contributed by atoms with van der Waals surface area (Å²) in [6.45, 7) is 4.88. The molecule has 27 heavy (non-hydrogen) atoms. The zero-order chi connectivity index (χ0) is 19.9. The number of nitrogens with zero attached hydrogens (tertiary/aromatic N) is 1. The molecule has 0 bridgehead atoms. The minimum atomic E-state index is -3.69. The fourth-order valence-electron chi connectivity index (χ4n) is 2.97. The van der Waals surface area contributed by atoms with Crippen LogP contribution in [0.1, 0.15) is 70.2 Å². The van der Waals surface area contributed by atoms with E-state index in [0.717, 1.165) is 19.1 Å². The Kier molecular flexibility index (Phi) is 4.94. The van der Waals surface area contributed by atoms with E-state index in [2.05, 4.69) is 5.16 Å². The molecule has 8 heteroatoms. The number of sulfone groups is 1. The molecule has 144 valence electrons. The number of ketones is 1. The number of carbonyl (C=O) groups is 2. The molecule has 0 unspecified atom stereocenters. The molecule has 0 N–H and O–H groups in total. The van der Waals surface area contributed by atoms with Gasteiger partial charge in [-0.25, -0.2) is 13.2 Å². The highest BCUT2D eigenvalue weighted by atomic mass is 32.2. The van der Waals surface area contributed by atoms with Gasteiger partial charge in [0.1, 0.15) is 0 Å². The SMILES string of the molecule is Cc1c(C(=O)c2cnoc2C2CC2)ccc(S(C)(=O)=O)c1C(=O)OC(C)C. The lowest BCUT2D eigenvalue weighted by Gasteiger charge is -2.15. The summed E-state index contributed by atoms with van der Waals surface area (Å²) in [5.41, 5.74) is 0.720. The molecule has 1 heterocycles. The van der Waals surface area contributed by atoms with Gasteiger partial charge in [-0.3, -0.25) is 4.79 Å². The summed E-state index contributed by atoms with van der Waals surface area (Å²) in [6, 6.07) is 2.70. The first-order valence-corrected chi connectivity index (χ1v) is 10.5. The fourth-order valence-corrected chi connectivity index (χ4v) is 3.90. The van der Waals surface area contributed by atoms with Crippen LogP contribution >= 0.6 is 0 Å². The summed E-state index contributed by atoms with van der Waals surface area (Å²) in [6.07, 6.45) is 3.83. The van der Waals surface area contributed by atoms with E-state index >= 15 is 0 Å². The van der Waals surface area contributed by atoms with Gasteiger partial charge in [0, 0.05) is 17.7 Å². The minimum absolute atomic E-state index is 0.110. The molecule has 1 aromatic carbocycles. The Bertz CT molecular complexity index is 1010. The molecule has 0 saturated heterocycles. The molecule has 0 radical (unpaired) electrons. The molecular formula is C19H21NO6S. The number of carbonyl (C=O) groups excluding carboxylic acids is 2. The number of aromatic nitrogens is 1. The third kappa shape index (κ3) is 3.80. The van der Waals surface area contributed by atoms with Gasteiger partial charge in [0.05, 0.1) is 28.3 Å². The highest BCUT2D eigenvalue weighted by Crippen LogP contribution is 2.42. The lowest BCUT2D eigenvalue weighted by Crippen LogP contribution is -2.19. The van der Waals surface area contributed by atoms with E-state index in [1.165, 1.54) is 18.3 Å². The summed E-state index contributed by atoms with van der Waals surface area (Å²) in [5, 5.41) is 3.73. The van der Waals surface area contributed by atoms with Crippen LogP contribution in [0.5, 0.6) is 0 Å². The Morgan fingerprint density at radius 1 is 1.22 bits per heavy atom. The maximum absolute atomic E-state index is 13.0. The maximum Gasteiger partial charge on any atom is 0.340 e. The van der Waals surface area contributed by atoms with E-state index in [9.17, 15) is 18.0 Å². The Hall–Kier alpha value is -2.48. The van der Waals surface area contributed by atoms with Crippen molar-refractivity contribution in [2.75, 3.05) is 6.26 Å². The first-order valence-electron chi connectivity index (χ1n) is 8.65. The first-order chi connectivity index (χ1) is 12.6. The van der Waals surface area contributed by atoms with Crippen molar-refractivity contribution in [2.24, 2.45) is 0 Å². The van der Waals surface area contributed by atoms with Crippen molar-refractivity contribution >= 4 is 21.6 Å². The lowest BCUT2D eigenvalue weighted by molar-refractivity contribution is 0.0372. The molecule has 1 aliphatic carbocycles. The fraction of sp³-hybridized carbons (Fsp3) is 0.421. The highest BCUT2D eigenvalue weighted by Gasteiger charge is 2.34. The predicted molar refractivity (Wildman–Crippen MR) is 96.8 cm³/mol. The quantitative estimate of drug-likeness (QED) is 0.550. The van der Waals surface area contributed by atoms with Gasteiger partial charge in [-0.05, 0) is 51.3 Å². The second kappa shape index (κ2) is 6.92. The molecule has 0 aliphatic heterocycles. The number of benzene rings is 1. The van der Waals surface area contributed by atoms with Crippen LogP contribution in [0.15, 0.2) is 27.7 Å². The summed E-state index contributed by atoms with van der Waals surface area (Å²) in [4.78, 5) is 25.4. The zero-order valence-corrected chi connectivity index (χ0v) is 16.4. The molecule has 0 spiro atoms. The molecule has 1 fully saturated rings. The van der Waals surface area contributed by atoms with Crippen molar-refractivity contribution in [1.82, 2.24) is 5.16 Å². The van der Waals surface area contributed by atoms with Crippen molar-refractivity contribution in [3.8, 4) is 0 Å². The van der Waals surface area contributed by atoms with Crippen LogP contribution in [0.4, 0.5) is 0 Å². The average molecular weight is 391 g/mol. The first kappa shape index (κ1) is 19.3. The summed E-state index contributed by atoms with van der Waals surface area (Å²) < 4.78 is 34.7. The van der Waals surface area contributed by atoms with E-state index in [-0.39, 0.29) is 33.3 Å². The second-order valence-corrected chi connectivity index (χ2v) is 9.03.